The molecular weight excluding hydrogens is 256 g/mol. The number of aryl methyl sites for hydroxylation is 2. The number of aromatic nitrogens is 1. The average molecular weight is 282 g/mol. The van der Waals surface area contributed by atoms with Gasteiger partial charge in [-0.15, -0.1) is 11.3 Å². The molecule has 0 spiro atoms. The van der Waals surface area contributed by atoms with Gasteiger partial charge in [0.15, 0.2) is 0 Å². The van der Waals surface area contributed by atoms with E-state index >= 15 is 0 Å². The number of nitrogens with zero attached hydrogens (tertiary/aromatic N) is 1. The number of ether oxygens (including phenoxy) is 1. The lowest BCUT2D eigenvalue weighted by molar-refractivity contribution is 0.0112. The van der Waals surface area contributed by atoms with Crippen molar-refractivity contribution in [2.24, 2.45) is 0 Å². The molecule has 4 heteroatoms. The van der Waals surface area contributed by atoms with Crippen molar-refractivity contribution in [1.29, 1.82) is 0 Å². The lowest BCUT2D eigenvalue weighted by Gasteiger charge is -2.29. The molecule has 0 radical (unpaired) electrons. The third-order valence-corrected chi connectivity index (χ3v) is 4.92. The van der Waals surface area contributed by atoms with Crippen LogP contribution in [0.1, 0.15) is 54.6 Å². The van der Waals surface area contributed by atoms with Gasteiger partial charge >= 0.3 is 0 Å². The molecule has 1 heterocycles. The van der Waals surface area contributed by atoms with Crippen molar-refractivity contribution in [2.75, 3.05) is 6.54 Å². The van der Waals surface area contributed by atoms with Crippen LogP contribution in [0.4, 0.5) is 0 Å². The van der Waals surface area contributed by atoms with Crippen LogP contribution >= 0.6 is 11.3 Å². The van der Waals surface area contributed by atoms with Crippen molar-refractivity contribution in [3.05, 3.63) is 15.6 Å². The Hall–Kier alpha value is -0.450. The summed E-state index contributed by atoms with van der Waals surface area (Å²) in [5.74, 6) is 0. The normalized spacial score (nSPS) is 23.7. The van der Waals surface area contributed by atoms with Crippen LogP contribution in [0, 0.1) is 13.8 Å². The van der Waals surface area contributed by atoms with Gasteiger partial charge in [-0.05, 0) is 52.5 Å². The fourth-order valence-corrected chi connectivity index (χ4v) is 3.43. The molecule has 3 nitrogen and oxygen atoms in total. The van der Waals surface area contributed by atoms with Crippen LogP contribution in [0.5, 0.6) is 0 Å². The first-order valence-corrected chi connectivity index (χ1v) is 8.28. The van der Waals surface area contributed by atoms with Crippen molar-refractivity contribution in [3.63, 3.8) is 0 Å². The Labute approximate surface area is 120 Å². The number of hydrogen-bond donors (Lipinski definition) is 1. The van der Waals surface area contributed by atoms with E-state index in [1.165, 1.54) is 37.0 Å². The van der Waals surface area contributed by atoms with Crippen molar-refractivity contribution in [3.8, 4) is 0 Å². The summed E-state index contributed by atoms with van der Waals surface area (Å²) >= 11 is 1.77. The van der Waals surface area contributed by atoms with E-state index in [1.54, 1.807) is 11.3 Å². The van der Waals surface area contributed by atoms with E-state index in [0.717, 1.165) is 17.2 Å². The van der Waals surface area contributed by atoms with Gasteiger partial charge in [-0.2, -0.15) is 0 Å². The molecule has 0 bridgehead atoms. The summed E-state index contributed by atoms with van der Waals surface area (Å²) in [4.78, 5) is 5.84. The second-order valence-corrected chi connectivity index (χ2v) is 6.78. The lowest BCUT2D eigenvalue weighted by atomic mass is 9.93. The molecule has 1 aliphatic rings. The Balaban J connectivity index is 1.68. The summed E-state index contributed by atoms with van der Waals surface area (Å²) in [6.07, 6.45) is 6.53. The average Bonchev–Trinajstić information content (AvgIpc) is 2.74. The Morgan fingerprint density at radius 3 is 2.58 bits per heavy atom. The summed E-state index contributed by atoms with van der Waals surface area (Å²) in [6.45, 7) is 8.26. The summed E-state index contributed by atoms with van der Waals surface area (Å²) in [5, 5.41) is 4.74. The number of nitrogens with one attached hydrogen (secondary N) is 1. The second-order valence-electron chi connectivity index (χ2n) is 5.49. The molecule has 0 saturated heterocycles. The van der Waals surface area contributed by atoms with Gasteiger partial charge in [-0.25, -0.2) is 4.98 Å². The van der Waals surface area contributed by atoms with Crippen LogP contribution in [0.15, 0.2) is 0 Å². The quantitative estimate of drug-likeness (QED) is 0.866. The van der Waals surface area contributed by atoms with E-state index in [9.17, 15) is 0 Å². The first kappa shape index (κ1) is 14.9. The lowest BCUT2D eigenvalue weighted by Crippen LogP contribution is -2.35. The molecule has 0 aromatic carbocycles. The van der Waals surface area contributed by atoms with E-state index < -0.39 is 0 Å². The maximum absolute atomic E-state index is 6.01. The highest BCUT2D eigenvalue weighted by Gasteiger charge is 2.21. The molecule has 1 aromatic rings. The second kappa shape index (κ2) is 7.36. The van der Waals surface area contributed by atoms with Crippen LogP contribution in [0.25, 0.3) is 0 Å². The summed E-state index contributed by atoms with van der Waals surface area (Å²) in [6, 6.07) is 0.712. The maximum atomic E-state index is 6.01. The van der Waals surface area contributed by atoms with Gasteiger partial charge in [0.25, 0.3) is 0 Å². The van der Waals surface area contributed by atoms with E-state index in [-0.39, 0.29) is 0 Å². The van der Waals surface area contributed by atoms with Crippen LogP contribution in [-0.2, 0) is 11.3 Å². The largest absolute Gasteiger partial charge is 0.371 e. The Morgan fingerprint density at radius 2 is 2.00 bits per heavy atom. The Morgan fingerprint density at radius 1 is 1.26 bits per heavy atom. The molecule has 1 aromatic heterocycles. The monoisotopic (exact) mass is 282 g/mol. The fraction of sp³-hybridized carbons (Fsp3) is 0.800. The fourth-order valence-electron chi connectivity index (χ4n) is 2.57. The maximum Gasteiger partial charge on any atom is 0.119 e. The number of rotatable bonds is 6. The molecule has 19 heavy (non-hydrogen) atoms. The summed E-state index contributed by atoms with van der Waals surface area (Å²) < 4.78 is 6.01. The van der Waals surface area contributed by atoms with Crippen LogP contribution < -0.4 is 5.32 Å². The van der Waals surface area contributed by atoms with E-state index in [4.69, 9.17) is 4.74 Å². The zero-order valence-electron chi connectivity index (χ0n) is 12.4. The molecule has 2 rings (SSSR count). The van der Waals surface area contributed by atoms with Crippen LogP contribution in [0.2, 0.25) is 0 Å². The Bertz CT molecular complexity index is 364. The predicted octanol–water partition coefficient (Wildman–Crippen LogP) is 3.59. The van der Waals surface area contributed by atoms with Gasteiger partial charge in [0.05, 0.1) is 18.4 Å². The molecule has 0 aliphatic heterocycles. The van der Waals surface area contributed by atoms with Gasteiger partial charge in [-0.3, -0.25) is 0 Å². The summed E-state index contributed by atoms with van der Waals surface area (Å²) in [7, 11) is 0. The van der Waals surface area contributed by atoms with E-state index in [2.05, 4.69) is 31.1 Å². The first-order valence-electron chi connectivity index (χ1n) is 7.47. The Kier molecular flexibility index (Phi) is 5.79. The minimum atomic E-state index is 0.434. The van der Waals surface area contributed by atoms with Crippen molar-refractivity contribution >= 4 is 11.3 Å². The minimum Gasteiger partial charge on any atom is -0.371 e. The molecule has 0 unspecified atom stereocenters. The molecular formula is C15H26N2OS. The van der Waals surface area contributed by atoms with Gasteiger partial charge in [0, 0.05) is 10.9 Å². The van der Waals surface area contributed by atoms with Gasteiger partial charge < -0.3 is 10.1 Å². The SMILES string of the molecule is CCCNC1CCC(OCc2nc(C)c(C)s2)CC1. The zero-order valence-corrected chi connectivity index (χ0v) is 13.2. The highest BCUT2D eigenvalue weighted by Crippen LogP contribution is 2.24. The molecule has 1 aliphatic carbocycles. The number of hydrogen-bond acceptors (Lipinski definition) is 4. The molecule has 1 fully saturated rings. The van der Waals surface area contributed by atoms with Crippen molar-refractivity contribution in [1.82, 2.24) is 10.3 Å². The zero-order chi connectivity index (χ0) is 13.7. The van der Waals surface area contributed by atoms with Crippen LogP contribution in [0.3, 0.4) is 0 Å². The standard InChI is InChI=1S/C15H26N2OS/c1-4-9-16-13-5-7-14(8-6-13)18-10-15-17-11(2)12(3)19-15/h13-14,16H,4-10H2,1-3H3. The summed E-state index contributed by atoms with van der Waals surface area (Å²) in [5.41, 5.74) is 1.15. The molecule has 1 saturated carbocycles. The molecule has 0 atom stereocenters. The predicted molar refractivity (Wildman–Crippen MR) is 80.7 cm³/mol. The van der Waals surface area contributed by atoms with Gasteiger partial charge in [0.2, 0.25) is 0 Å². The third-order valence-electron chi connectivity index (χ3n) is 3.87. The van der Waals surface area contributed by atoms with Gasteiger partial charge in [-0.1, -0.05) is 6.92 Å². The smallest absolute Gasteiger partial charge is 0.119 e. The minimum absolute atomic E-state index is 0.434. The molecule has 0 amide bonds. The topological polar surface area (TPSA) is 34.1 Å². The molecule has 108 valence electrons. The van der Waals surface area contributed by atoms with Crippen LogP contribution in [-0.4, -0.2) is 23.7 Å². The first-order chi connectivity index (χ1) is 9.19. The highest BCUT2D eigenvalue weighted by molar-refractivity contribution is 7.11. The number of thiazole rings is 1. The van der Waals surface area contributed by atoms with E-state index in [0.29, 0.717) is 18.8 Å². The molecule has 1 N–H and O–H groups in total. The van der Waals surface area contributed by atoms with Crippen molar-refractivity contribution in [2.45, 2.75) is 71.6 Å². The van der Waals surface area contributed by atoms with Crippen molar-refractivity contribution < 1.29 is 4.74 Å². The van der Waals surface area contributed by atoms with E-state index in [1.807, 2.05) is 0 Å². The third kappa shape index (κ3) is 4.55. The highest BCUT2D eigenvalue weighted by atomic mass is 32.1. The van der Waals surface area contributed by atoms with Gasteiger partial charge in [0.1, 0.15) is 5.01 Å².